The monoisotopic (exact) mass is 229 g/mol. The van der Waals surface area contributed by atoms with Crippen LogP contribution in [-0.2, 0) is 0 Å². The van der Waals surface area contributed by atoms with Crippen molar-refractivity contribution in [2.75, 3.05) is 11.9 Å². The standard InChI is InChI=1S/C14H19N3/c1-17(13-8-4-2-3-5-9-13)14-12(11-15)7-6-10-16-14/h6-7,10,13H,2-5,8-9H2,1H3. The van der Waals surface area contributed by atoms with E-state index in [2.05, 4.69) is 23.0 Å². The van der Waals surface area contributed by atoms with Crippen molar-refractivity contribution in [1.29, 1.82) is 5.26 Å². The number of rotatable bonds is 2. The quantitative estimate of drug-likeness (QED) is 0.731. The maximum atomic E-state index is 9.10. The third-order valence-electron chi connectivity index (χ3n) is 3.61. The van der Waals surface area contributed by atoms with Crippen LogP contribution < -0.4 is 4.90 Å². The molecule has 1 fully saturated rings. The van der Waals surface area contributed by atoms with Gasteiger partial charge in [0.2, 0.25) is 0 Å². The molecule has 0 unspecified atom stereocenters. The Morgan fingerprint density at radius 3 is 2.65 bits per heavy atom. The summed E-state index contributed by atoms with van der Waals surface area (Å²) >= 11 is 0. The second kappa shape index (κ2) is 5.67. The number of hydrogen-bond acceptors (Lipinski definition) is 3. The van der Waals surface area contributed by atoms with Gasteiger partial charge < -0.3 is 4.90 Å². The third kappa shape index (κ3) is 2.76. The molecule has 0 spiro atoms. The lowest BCUT2D eigenvalue weighted by Gasteiger charge is -2.28. The zero-order valence-corrected chi connectivity index (χ0v) is 10.4. The molecule has 0 aromatic carbocycles. The zero-order chi connectivity index (χ0) is 12.1. The molecule has 17 heavy (non-hydrogen) atoms. The van der Waals surface area contributed by atoms with Crippen molar-refractivity contribution < 1.29 is 0 Å². The first-order valence-electron chi connectivity index (χ1n) is 6.41. The summed E-state index contributed by atoms with van der Waals surface area (Å²) in [7, 11) is 2.07. The number of hydrogen-bond donors (Lipinski definition) is 0. The van der Waals surface area contributed by atoms with Crippen LogP contribution >= 0.6 is 0 Å². The summed E-state index contributed by atoms with van der Waals surface area (Å²) in [6.07, 6.45) is 9.49. The lowest BCUT2D eigenvalue weighted by Crippen LogP contribution is -2.32. The van der Waals surface area contributed by atoms with Crippen molar-refractivity contribution in [3.63, 3.8) is 0 Å². The van der Waals surface area contributed by atoms with Crippen LogP contribution in [0, 0.1) is 11.3 Å². The molecule has 0 N–H and O–H groups in total. The molecule has 0 atom stereocenters. The molecule has 0 amide bonds. The first kappa shape index (κ1) is 11.9. The van der Waals surface area contributed by atoms with E-state index in [1.54, 1.807) is 6.20 Å². The lowest BCUT2D eigenvalue weighted by molar-refractivity contribution is 0.549. The molecule has 1 aliphatic rings. The predicted octanol–water partition coefficient (Wildman–Crippen LogP) is 3.11. The molecule has 2 rings (SSSR count). The van der Waals surface area contributed by atoms with Crippen LogP contribution in [0.4, 0.5) is 5.82 Å². The number of pyridine rings is 1. The van der Waals surface area contributed by atoms with E-state index in [1.807, 2.05) is 12.1 Å². The van der Waals surface area contributed by atoms with Crippen molar-refractivity contribution in [3.8, 4) is 6.07 Å². The zero-order valence-electron chi connectivity index (χ0n) is 10.4. The van der Waals surface area contributed by atoms with E-state index < -0.39 is 0 Å². The maximum Gasteiger partial charge on any atom is 0.146 e. The second-order valence-corrected chi connectivity index (χ2v) is 4.74. The fraction of sp³-hybridized carbons (Fsp3) is 0.571. The summed E-state index contributed by atoms with van der Waals surface area (Å²) < 4.78 is 0. The minimum Gasteiger partial charge on any atom is -0.356 e. The average Bonchev–Trinajstić information content (AvgIpc) is 2.66. The summed E-state index contributed by atoms with van der Waals surface area (Å²) in [4.78, 5) is 6.56. The number of nitriles is 1. The van der Waals surface area contributed by atoms with Gasteiger partial charge in [0.25, 0.3) is 0 Å². The molecular formula is C14H19N3. The van der Waals surface area contributed by atoms with E-state index in [0.717, 1.165) is 5.82 Å². The van der Waals surface area contributed by atoms with Gasteiger partial charge in [-0.1, -0.05) is 25.7 Å². The third-order valence-corrected chi connectivity index (χ3v) is 3.61. The maximum absolute atomic E-state index is 9.10. The van der Waals surface area contributed by atoms with Crippen LogP contribution in [0.5, 0.6) is 0 Å². The Labute approximate surface area is 103 Å². The van der Waals surface area contributed by atoms with Crippen molar-refractivity contribution in [2.45, 2.75) is 44.6 Å². The fourth-order valence-corrected chi connectivity index (χ4v) is 2.58. The lowest BCUT2D eigenvalue weighted by atomic mass is 10.1. The Hall–Kier alpha value is -1.56. The molecule has 90 valence electrons. The van der Waals surface area contributed by atoms with Gasteiger partial charge in [-0.3, -0.25) is 0 Å². The number of nitrogens with zero attached hydrogens (tertiary/aromatic N) is 3. The number of anilines is 1. The number of aromatic nitrogens is 1. The van der Waals surface area contributed by atoms with Crippen LogP contribution in [0.1, 0.15) is 44.1 Å². The van der Waals surface area contributed by atoms with E-state index in [9.17, 15) is 0 Å². The highest BCUT2D eigenvalue weighted by atomic mass is 15.2. The first-order valence-corrected chi connectivity index (χ1v) is 6.41. The summed E-state index contributed by atoms with van der Waals surface area (Å²) in [5.41, 5.74) is 0.680. The van der Waals surface area contributed by atoms with E-state index in [1.165, 1.54) is 38.5 Å². The Bertz CT molecular complexity index is 400. The van der Waals surface area contributed by atoms with Gasteiger partial charge in [-0.25, -0.2) is 4.98 Å². The van der Waals surface area contributed by atoms with Gasteiger partial charge in [-0.05, 0) is 25.0 Å². The van der Waals surface area contributed by atoms with Gasteiger partial charge >= 0.3 is 0 Å². The SMILES string of the molecule is CN(c1ncccc1C#N)C1CCCCCC1. The largest absolute Gasteiger partial charge is 0.356 e. The van der Waals surface area contributed by atoms with Gasteiger partial charge in [0.15, 0.2) is 0 Å². The van der Waals surface area contributed by atoms with Crippen LogP contribution in [0.15, 0.2) is 18.3 Å². The summed E-state index contributed by atoms with van der Waals surface area (Å²) in [5.74, 6) is 0.835. The van der Waals surface area contributed by atoms with Crippen molar-refractivity contribution in [1.82, 2.24) is 4.98 Å². The van der Waals surface area contributed by atoms with Gasteiger partial charge in [0.05, 0.1) is 5.56 Å². The summed E-state index contributed by atoms with van der Waals surface area (Å²) in [6, 6.07) is 6.43. The van der Waals surface area contributed by atoms with E-state index in [4.69, 9.17) is 5.26 Å². The fourth-order valence-electron chi connectivity index (χ4n) is 2.58. The van der Waals surface area contributed by atoms with Crippen molar-refractivity contribution in [3.05, 3.63) is 23.9 Å². The average molecular weight is 229 g/mol. The highest BCUT2D eigenvalue weighted by molar-refractivity contribution is 5.53. The molecular weight excluding hydrogens is 210 g/mol. The van der Waals surface area contributed by atoms with Gasteiger partial charge in [-0.2, -0.15) is 5.26 Å². The molecule has 1 aromatic rings. The van der Waals surface area contributed by atoms with Crippen LogP contribution in [-0.4, -0.2) is 18.1 Å². The molecule has 3 nitrogen and oxygen atoms in total. The second-order valence-electron chi connectivity index (χ2n) is 4.74. The smallest absolute Gasteiger partial charge is 0.146 e. The first-order chi connectivity index (χ1) is 8.33. The highest BCUT2D eigenvalue weighted by Gasteiger charge is 2.19. The highest BCUT2D eigenvalue weighted by Crippen LogP contribution is 2.25. The minimum atomic E-state index is 0.541. The summed E-state index contributed by atoms with van der Waals surface area (Å²) in [6.45, 7) is 0. The van der Waals surface area contributed by atoms with Crippen LogP contribution in [0.2, 0.25) is 0 Å². The normalized spacial score (nSPS) is 17.2. The molecule has 3 heteroatoms. The van der Waals surface area contributed by atoms with E-state index in [0.29, 0.717) is 11.6 Å². The Morgan fingerprint density at radius 2 is 2.00 bits per heavy atom. The summed E-state index contributed by atoms with van der Waals surface area (Å²) in [5, 5.41) is 9.10. The Balaban J connectivity index is 2.17. The molecule has 1 heterocycles. The molecule has 0 bridgehead atoms. The minimum absolute atomic E-state index is 0.541. The Kier molecular flexibility index (Phi) is 3.98. The van der Waals surface area contributed by atoms with E-state index in [-0.39, 0.29) is 0 Å². The molecule has 1 saturated carbocycles. The topological polar surface area (TPSA) is 39.9 Å². The van der Waals surface area contributed by atoms with Crippen molar-refractivity contribution >= 4 is 5.82 Å². The predicted molar refractivity (Wildman–Crippen MR) is 68.8 cm³/mol. The van der Waals surface area contributed by atoms with Crippen LogP contribution in [0.3, 0.4) is 0 Å². The molecule has 0 saturated heterocycles. The molecule has 1 aromatic heterocycles. The van der Waals surface area contributed by atoms with Gasteiger partial charge in [-0.15, -0.1) is 0 Å². The molecule has 0 radical (unpaired) electrons. The molecule has 0 aliphatic heterocycles. The van der Waals surface area contributed by atoms with Crippen LogP contribution in [0.25, 0.3) is 0 Å². The molecule has 1 aliphatic carbocycles. The van der Waals surface area contributed by atoms with E-state index >= 15 is 0 Å². The van der Waals surface area contributed by atoms with Gasteiger partial charge in [0, 0.05) is 19.3 Å². The van der Waals surface area contributed by atoms with Gasteiger partial charge in [0.1, 0.15) is 11.9 Å². The Morgan fingerprint density at radius 1 is 1.29 bits per heavy atom. The van der Waals surface area contributed by atoms with Crippen molar-refractivity contribution in [2.24, 2.45) is 0 Å².